The molecule has 0 bridgehead atoms. The van der Waals surface area contributed by atoms with E-state index in [-0.39, 0.29) is 13.0 Å². The van der Waals surface area contributed by atoms with Gasteiger partial charge in [-0.25, -0.2) is 0 Å². The van der Waals surface area contributed by atoms with Gasteiger partial charge in [0.2, 0.25) is 11.8 Å². The first-order valence-electron chi connectivity index (χ1n) is 8.29. The molecule has 0 aliphatic carbocycles. The number of para-hydroxylation sites is 3. The van der Waals surface area contributed by atoms with Crippen LogP contribution in [-0.2, 0) is 9.59 Å². The van der Waals surface area contributed by atoms with Crippen LogP contribution in [0.15, 0.2) is 54.6 Å². The van der Waals surface area contributed by atoms with Crippen molar-refractivity contribution < 1.29 is 27.5 Å². The van der Waals surface area contributed by atoms with Crippen LogP contribution in [-0.4, -0.2) is 36.0 Å². The van der Waals surface area contributed by atoms with Gasteiger partial charge >= 0.3 is 6.18 Å². The number of amides is 2. The Labute approximate surface area is 153 Å². The predicted molar refractivity (Wildman–Crippen MR) is 92.3 cm³/mol. The van der Waals surface area contributed by atoms with Gasteiger partial charge in [-0.15, -0.1) is 0 Å². The Morgan fingerprint density at radius 3 is 2.48 bits per heavy atom. The van der Waals surface area contributed by atoms with E-state index >= 15 is 0 Å². The van der Waals surface area contributed by atoms with E-state index in [1.807, 2.05) is 6.07 Å². The number of ether oxygens (including phenoxy) is 1. The Morgan fingerprint density at radius 1 is 1.11 bits per heavy atom. The van der Waals surface area contributed by atoms with E-state index < -0.39 is 30.5 Å². The molecular formula is C19H17F3N2O3. The third-order valence-corrected chi connectivity index (χ3v) is 4.07. The molecule has 1 N–H and O–H groups in total. The first-order valence-corrected chi connectivity index (χ1v) is 8.29. The summed E-state index contributed by atoms with van der Waals surface area (Å²) in [7, 11) is 0. The number of likely N-dealkylation sites (tertiary alicyclic amines) is 1. The molecule has 0 aromatic heterocycles. The van der Waals surface area contributed by atoms with Gasteiger partial charge in [0.05, 0.1) is 11.6 Å². The number of anilines is 1. The molecule has 5 nitrogen and oxygen atoms in total. The van der Waals surface area contributed by atoms with Gasteiger partial charge in [0.25, 0.3) is 0 Å². The van der Waals surface area contributed by atoms with Crippen LogP contribution in [0.25, 0.3) is 0 Å². The lowest BCUT2D eigenvalue weighted by Gasteiger charge is -2.18. The normalized spacial score (nSPS) is 17.1. The minimum atomic E-state index is -4.49. The van der Waals surface area contributed by atoms with Crippen molar-refractivity contribution in [3.8, 4) is 11.5 Å². The summed E-state index contributed by atoms with van der Waals surface area (Å²) < 4.78 is 43.3. The highest BCUT2D eigenvalue weighted by molar-refractivity contribution is 5.98. The zero-order valence-electron chi connectivity index (χ0n) is 14.2. The van der Waals surface area contributed by atoms with E-state index in [0.29, 0.717) is 22.1 Å². The highest BCUT2D eigenvalue weighted by atomic mass is 19.4. The Balaban J connectivity index is 1.67. The predicted octanol–water partition coefficient (Wildman–Crippen LogP) is 3.83. The number of carbonyl (C=O) groups is 2. The largest absolute Gasteiger partial charge is 0.455 e. The first-order chi connectivity index (χ1) is 12.8. The standard InChI is InChI=1S/C19H17F3N2O3/c20-19(21,22)12-24-11-13(10-17(24)25)18(26)23-15-8-4-5-9-16(15)27-14-6-2-1-3-7-14/h1-9,13H,10-12H2,(H,23,26). The van der Waals surface area contributed by atoms with Gasteiger partial charge in [-0.3, -0.25) is 9.59 Å². The molecule has 1 fully saturated rings. The molecule has 8 heteroatoms. The van der Waals surface area contributed by atoms with Crippen LogP contribution in [0.1, 0.15) is 6.42 Å². The molecule has 1 saturated heterocycles. The maximum Gasteiger partial charge on any atom is 0.406 e. The highest BCUT2D eigenvalue weighted by Crippen LogP contribution is 2.30. The number of carbonyl (C=O) groups excluding carboxylic acids is 2. The van der Waals surface area contributed by atoms with Crippen LogP contribution in [0.5, 0.6) is 11.5 Å². The minimum absolute atomic E-state index is 0.246. The van der Waals surface area contributed by atoms with Crippen LogP contribution in [0, 0.1) is 5.92 Å². The number of rotatable bonds is 5. The lowest BCUT2D eigenvalue weighted by Crippen LogP contribution is -2.36. The van der Waals surface area contributed by atoms with Crippen molar-refractivity contribution in [3.63, 3.8) is 0 Å². The number of nitrogens with zero attached hydrogens (tertiary/aromatic N) is 1. The number of halogens is 3. The number of nitrogens with one attached hydrogen (secondary N) is 1. The molecule has 1 aliphatic heterocycles. The summed E-state index contributed by atoms with van der Waals surface area (Å²) in [4.78, 5) is 24.9. The van der Waals surface area contributed by atoms with Gasteiger partial charge in [0, 0.05) is 13.0 Å². The third kappa shape index (κ3) is 4.99. The van der Waals surface area contributed by atoms with Gasteiger partial charge in [0.15, 0.2) is 5.75 Å². The van der Waals surface area contributed by atoms with Crippen LogP contribution in [0.4, 0.5) is 18.9 Å². The second kappa shape index (κ2) is 7.69. The molecule has 1 heterocycles. The summed E-state index contributed by atoms with van der Waals surface area (Å²) >= 11 is 0. The SMILES string of the molecule is O=C(Nc1ccccc1Oc1ccccc1)C1CC(=O)N(CC(F)(F)F)C1. The van der Waals surface area contributed by atoms with Crippen LogP contribution < -0.4 is 10.1 Å². The molecule has 1 unspecified atom stereocenters. The van der Waals surface area contributed by atoms with Crippen molar-refractivity contribution in [1.82, 2.24) is 4.90 Å². The number of alkyl halides is 3. The zero-order valence-corrected chi connectivity index (χ0v) is 14.2. The molecule has 2 aromatic rings. The van der Waals surface area contributed by atoms with E-state index in [1.54, 1.807) is 48.5 Å². The fourth-order valence-electron chi connectivity index (χ4n) is 2.83. The van der Waals surface area contributed by atoms with Crippen LogP contribution in [0.3, 0.4) is 0 Å². The Morgan fingerprint density at radius 2 is 1.78 bits per heavy atom. The molecule has 0 spiro atoms. The van der Waals surface area contributed by atoms with Gasteiger partial charge in [-0.05, 0) is 24.3 Å². The van der Waals surface area contributed by atoms with E-state index in [4.69, 9.17) is 4.74 Å². The Bertz CT molecular complexity index is 824. The lowest BCUT2D eigenvalue weighted by molar-refractivity contribution is -0.157. The van der Waals surface area contributed by atoms with Crippen LogP contribution in [0.2, 0.25) is 0 Å². The lowest BCUT2D eigenvalue weighted by atomic mass is 10.1. The Hall–Kier alpha value is -3.03. The number of hydrogen-bond donors (Lipinski definition) is 1. The molecule has 2 aromatic carbocycles. The van der Waals surface area contributed by atoms with Gasteiger partial charge in [0.1, 0.15) is 12.3 Å². The smallest absolute Gasteiger partial charge is 0.406 e. The van der Waals surface area contributed by atoms with Crippen molar-refractivity contribution in [2.75, 3.05) is 18.4 Å². The topological polar surface area (TPSA) is 58.6 Å². The van der Waals surface area contributed by atoms with Gasteiger partial charge in [-0.2, -0.15) is 13.2 Å². The molecule has 0 radical (unpaired) electrons. The summed E-state index contributed by atoms with van der Waals surface area (Å²) in [6, 6.07) is 15.7. The highest BCUT2D eigenvalue weighted by Gasteiger charge is 2.40. The van der Waals surface area contributed by atoms with Gasteiger partial charge in [-0.1, -0.05) is 30.3 Å². The van der Waals surface area contributed by atoms with E-state index in [0.717, 1.165) is 0 Å². The van der Waals surface area contributed by atoms with E-state index in [2.05, 4.69) is 5.32 Å². The number of hydrogen-bond acceptors (Lipinski definition) is 3. The quantitative estimate of drug-likeness (QED) is 0.860. The fourth-order valence-corrected chi connectivity index (χ4v) is 2.83. The summed E-state index contributed by atoms with van der Waals surface area (Å²) in [5, 5.41) is 2.65. The summed E-state index contributed by atoms with van der Waals surface area (Å²) in [5.41, 5.74) is 0.382. The maximum absolute atomic E-state index is 12.5. The first kappa shape index (κ1) is 18.8. The number of benzene rings is 2. The second-order valence-electron chi connectivity index (χ2n) is 6.19. The van der Waals surface area contributed by atoms with E-state index in [9.17, 15) is 22.8 Å². The summed E-state index contributed by atoms with van der Waals surface area (Å²) in [6.45, 7) is -1.60. The van der Waals surface area contributed by atoms with E-state index in [1.165, 1.54) is 0 Å². The molecular weight excluding hydrogens is 361 g/mol. The Kier molecular flexibility index (Phi) is 5.34. The van der Waals surface area contributed by atoms with Gasteiger partial charge < -0.3 is 15.0 Å². The van der Waals surface area contributed by atoms with Crippen molar-refractivity contribution in [2.45, 2.75) is 12.6 Å². The molecule has 1 atom stereocenters. The molecule has 27 heavy (non-hydrogen) atoms. The third-order valence-electron chi connectivity index (χ3n) is 4.07. The average molecular weight is 378 g/mol. The molecule has 0 saturated carbocycles. The minimum Gasteiger partial charge on any atom is -0.455 e. The second-order valence-corrected chi connectivity index (χ2v) is 6.19. The molecule has 3 rings (SSSR count). The monoisotopic (exact) mass is 378 g/mol. The fraction of sp³-hybridized carbons (Fsp3) is 0.263. The average Bonchev–Trinajstić information content (AvgIpc) is 2.96. The van der Waals surface area contributed by atoms with Crippen molar-refractivity contribution >= 4 is 17.5 Å². The molecule has 1 aliphatic rings. The zero-order chi connectivity index (χ0) is 19.4. The summed E-state index contributed by atoms with van der Waals surface area (Å²) in [6.07, 6.45) is -4.74. The van der Waals surface area contributed by atoms with Crippen molar-refractivity contribution in [1.29, 1.82) is 0 Å². The maximum atomic E-state index is 12.5. The van der Waals surface area contributed by atoms with Crippen molar-refractivity contribution in [2.24, 2.45) is 5.92 Å². The molecule has 142 valence electrons. The summed E-state index contributed by atoms with van der Waals surface area (Å²) in [5.74, 6) is -1.07. The van der Waals surface area contributed by atoms with Crippen molar-refractivity contribution in [3.05, 3.63) is 54.6 Å². The molecule has 2 amide bonds. The van der Waals surface area contributed by atoms with Crippen LogP contribution >= 0.6 is 0 Å².